The van der Waals surface area contributed by atoms with Gasteiger partial charge in [0.2, 0.25) is 5.82 Å². The van der Waals surface area contributed by atoms with Crippen molar-refractivity contribution < 1.29 is 8.91 Å². The minimum absolute atomic E-state index is 0.100. The summed E-state index contributed by atoms with van der Waals surface area (Å²) in [5.74, 6) is -0.0788. The van der Waals surface area contributed by atoms with Crippen molar-refractivity contribution in [3.63, 3.8) is 0 Å². The Balaban J connectivity index is 2.05. The first-order valence-corrected chi connectivity index (χ1v) is 6.29. The van der Waals surface area contributed by atoms with Crippen molar-refractivity contribution in [2.24, 2.45) is 0 Å². The maximum atomic E-state index is 13.6. The first-order valence-electron chi connectivity index (χ1n) is 6.29. The second kappa shape index (κ2) is 5.17. The highest BCUT2D eigenvalue weighted by Gasteiger charge is 2.16. The molecule has 0 aliphatic carbocycles. The fraction of sp³-hybridized carbons (Fsp3) is 0.0625. The van der Waals surface area contributed by atoms with Crippen LogP contribution in [-0.4, -0.2) is 10.1 Å². The van der Waals surface area contributed by atoms with Gasteiger partial charge in [-0.05, 0) is 19.1 Å². The summed E-state index contributed by atoms with van der Waals surface area (Å²) in [6.07, 6.45) is 0. The van der Waals surface area contributed by atoms with E-state index in [1.54, 1.807) is 6.07 Å². The molecule has 0 amide bonds. The monoisotopic (exact) mass is 279 g/mol. The lowest BCUT2D eigenvalue weighted by Gasteiger charge is -1.98. The Hall–Kier alpha value is -3.00. The molecule has 4 nitrogen and oxygen atoms in total. The topological polar surface area (TPSA) is 62.7 Å². The van der Waals surface area contributed by atoms with E-state index in [-0.39, 0.29) is 11.5 Å². The molecule has 0 bridgehead atoms. The summed E-state index contributed by atoms with van der Waals surface area (Å²) >= 11 is 0. The quantitative estimate of drug-likeness (QED) is 0.717. The number of nitriles is 1. The highest BCUT2D eigenvalue weighted by molar-refractivity contribution is 5.65. The van der Waals surface area contributed by atoms with Crippen LogP contribution in [0.4, 0.5) is 4.39 Å². The van der Waals surface area contributed by atoms with Crippen LogP contribution in [0.25, 0.3) is 22.8 Å². The van der Waals surface area contributed by atoms with E-state index >= 15 is 0 Å². The Morgan fingerprint density at radius 1 is 1.14 bits per heavy atom. The molecule has 0 N–H and O–H groups in total. The average Bonchev–Trinajstić information content (AvgIpc) is 2.97. The minimum atomic E-state index is -0.606. The van der Waals surface area contributed by atoms with E-state index in [9.17, 15) is 4.39 Å². The van der Waals surface area contributed by atoms with Crippen LogP contribution in [0.2, 0.25) is 0 Å². The number of aromatic nitrogens is 2. The number of nitrogens with zero attached hydrogens (tertiary/aromatic N) is 3. The number of aryl methyl sites for hydroxylation is 1. The van der Waals surface area contributed by atoms with E-state index < -0.39 is 5.82 Å². The first-order chi connectivity index (χ1) is 10.2. The molecule has 1 aromatic heterocycles. The SMILES string of the molecule is Cc1ccc(-c2noc(-c3cccc(F)c3C#N)n2)cc1. The molecule has 0 aliphatic heterocycles. The Morgan fingerprint density at radius 2 is 1.90 bits per heavy atom. The second-order valence-corrected chi connectivity index (χ2v) is 4.56. The van der Waals surface area contributed by atoms with Gasteiger partial charge in [0.25, 0.3) is 5.89 Å². The van der Waals surface area contributed by atoms with Gasteiger partial charge in [-0.25, -0.2) is 4.39 Å². The summed E-state index contributed by atoms with van der Waals surface area (Å²) in [7, 11) is 0. The zero-order valence-electron chi connectivity index (χ0n) is 11.2. The van der Waals surface area contributed by atoms with Crippen LogP contribution in [0.5, 0.6) is 0 Å². The molecule has 0 unspecified atom stereocenters. The van der Waals surface area contributed by atoms with Crippen molar-refractivity contribution in [3.05, 3.63) is 59.4 Å². The van der Waals surface area contributed by atoms with Crippen molar-refractivity contribution >= 4 is 0 Å². The molecule has 0 spiro atoms. The van der Waals surface area contributed by atoms with Crippen LogP contribution in [0.3, 0.4) is 0 Å². The van der Waals surface area contributed by atoms with E-state index in [4.69, 9.17) is 9.78 Å². The molecule has 102 valence electrons. The third kappa shape index (κ3) is 2.39. The van der Waals surface area contributed by atoms with Crippen molar-refractivity contribution in [1.29, 1.82) is 5.26 Å². The highest BCUT2D eigenvalue weighted by atomic mass is 19.1. The molecule has 0 saturated carbocycles. The largest absolute Gasteiger partial charge is 0.334 e. The molecule has 0 atom stereocenters. The third-order valence-corrected chi connectivity index (χ3v) is 3.09. The van der Waals surface area contributed by atoms with Crippen molar-refractivity contribution in [1.82, 2.24) is 10.1 Å². The van der Waals surface area contributed by atoms with Crippen LogP contribution in [0, 0.1) is 24.1 Å². The number of hydrogen-bond donors (Lipinski definition) is 0. The molecule has 21 heavy (non-hydrogen) atoms. The van der Waals surface area contributed by atoms with Gasteiger partial charge in [0.05, 0.1) is 5.56 Å². The summed E-state index contributed by atoms with van der Waals surface area (Å²) in [5, 5.41) is 12.9. The summed E-state index contributed by atoms with van der Waals surface area (Å²) in [6, 6.07) is 13.7. The van der Waals surface area contributed by atoms with E-state index in [0.29, 0.717) is 11.4 Å². The fourth-order valence-electron chi connectivity index (χ4n) is 1.97. The van der Waals surface area contributed by atoms with Gasteiger partial charge in [0, 0.05) is 5.56 Å². The maximum absolute atomic E-state index is 13.6. The summed E-state index contributed by atoms with van der Waals surface area (Å²) in [4.78, 5) is 4.23. The summed E-state index contributed by atoms with van der Waals surface area (Å²) in [5.41, 5.74) is 2.12. The lowest BCUT2D eigenvalue weighted by atomic mass is 10.1. The van der Waals surface area contributed by atoms with E-state index in [2.05, 4.69) is 10.1 Å². The van der Waals surface area contributed by atoms with Crippen LogP contribution >= 0.6 is 0 Å². The number of rotatable bonds is 2. The Labute approximate surface area is 120 Å². The zero-order chi connectivity index (χ0) is 14.8. The Morgan fingerprint density at radius 3 is 2.62 bits per heavy atom. The molecular weight excluding hydrogens is 269 g/mol. The molecule has 0 saturated heterocycles. The van der Waals surface area contributed by atoms with Crippen molar-refractivity contribution in [3.8, 4) is 28.9 Å². The highest BCUT2D eigenvalue weighted by Crippen LogP contribution is 2.26. The van der Waals surface area contributed by atoms with Crippen LogP contribution in [-0.2, 0) is 0 Å². The fourth-order valence-corrected chi connectivity index (χ4v) is 1.97. The predicted molar refractivity (Wildman–Crippen MR) is 74.6 cm³/mol. The lowest BCUT2D eigenvalue weighted by Crippen LogP contribution is -1.89. The van der Waals surface area contributed by atoms with Gasteiger partial charge < -0.3 is 4.52 Å². The number of hydrogen-bond acceptors (Lipinski definition) is 4. The van der Waals surface area contributed by atoms with E-state index in [1.165, 1.54) is 12.1 Å². The van der Waals surface area contributed by atoms with Crippen LogP contribution < -0.4 is 0 Å². The molecule has 3 rings (SSSR count). The van der Waals surface area contributed by atoms with E-state index in [0.717, 1.165) is 11.1 Å². The molecule has 0 radical (unpaired) electrons. The Bertz CT molecular complexity index is 831. The second-order valence-electron chi connectivity index (χ2n) is 4.56. The van der Waals surface area contributed by atoms with Gasteiger partial charge >= 0.3 is 0 Å². The van der Waals surface area contributed by atoms with Gasteiger partial charge in [-0.15, -0.1) is 0 Å². The molecular formula is C16H10FN3O. The lowest BCUT2D eigenvalue weighted by molar-refractivity contribution is 0.432. The molecule has 0 aliphatic rings. The molecule has 3 aromatic rings. The molecule has 2 aromatic carbocycles. The number of halogens is 1. The van der Waals surface area contributed by atoms with Crippen LogP contribution in [0.15, 0.2) is 47.0 Å². The zero-order valence-corrected chi connectivity index (χ0v) is 11.2. The molecule has 5 heteroatoms. The molecule has 1 heterocycles. The third-order valence-electron chi connectivity index (χ3n) is 3.09. The maximum Gasteiger partial charge on any atom is 0.259 e. The smallest absolute Gasteiger partial charge is 0.259 e. The normalized spacial score (nSPS) is 10.3. The minimum Gasteiger partial charge on any atom is -0.334 e. The van der Waals surface area contributed by atoms with Crippen LogP contribution in [0.1, 0.15) is 11.1 Å². The van der Waals surface area contributed by atoms with E-state index in [1.807, 2.05) is 37.3 Å². The van der Waals surface area contributed by atoms with Crippen molar-refractivity contribution in [2.75, 3.05) is 0 Å². The standard InChI is InChI=1S/C16H10FN3O/c1-10-5-7-11(8-6-10)15-19-16(21-20-15)12-3-2-4-14(17)13(12)9-18/h2-8H,1H3. The van der Waals surface area contributed by atoms with Gasteiger partial charge in [-0.3, -0.25) is 0 Å². The van der Waals surface area contributed by atoms with Crippen molar-refractivity contribution in [2.45, 2.75) is 6.92 Å². The first kappa shape index (κ1) is 13.0. The molecule has 0 fully saturated rings. The van der Waals surface area contributed by atoms with Gasteiger partial charge in [0.15, 0.2) is 0 Å². The van der Waals surface area contributed by atoms with Gasteiger partial charge in [0.1, 0.15) is 17.4 Å². The summed E-state index contributed by atoms with van der Waals surface area (Å²) < 4.78 is 18.8. The van der Waals surface area contributed by atoms with Gasteiger partial charge in [-0.1, -0.05) is 41.1 Å². The average molecular weight is 279 g/mol. The number of benzene rings is 2. The Kier molecular flexibility index (Phi) is 3.20. The predicted octanol–water partition coefficient (Wildman–Crippen LogP) is 3.72. The van der Waals surface area contributed by atoms with Gasteiger partial charge in [-0.2, -0.15) is 10.2 Å². The summed E-state index contributed by atoms with van der Waals surface area (Å²) in [6.45, 7) is 1.98.